The quantitative estimate of drug-likeness (QED) is 0.550. The fraction of sp³-hybridized carbons (Fsp3) is 0.379. The van der Waals surface area contributed by atoms with E-state index in [2.05, 4.69) is 81.5 Å². The minimum atomic E-state index is -0.361. The molecule has 1 saturated carbocycles. The molecule has 1 aliphatic carbocycles. The van der Waals surface area contributed by atoms with Crippen molar-refractivity contribution >= 4 is 5.91 Å². The molecular formula is C29H31N3O. The minimum Gasteiger partial charge on any atom is -0.342 e. The van der Waals surface area contributed by atoms with E-state index < -0.39 is 0 Å². The van der Waals surface area contributed by atoms with Crippen molar-refractivity contribution in [1.82, 2.24) is 14.8 Å². The van der Waals surface area contributed by atoms with Crippen LogP contribution < -0.4 is 0 Å². The maximum Gasteiger partial charge on any atom is 0.230 e. The van der Waals surface area contributed by atoms with Crippen LogP contribution in [0.3, 0.4) is 0 Å². The van der Waals surface area contributed by atoms with Crippen molar-refractivity contribution in [2.24, 2.45) is 11.3 Å². The van der Waals surface area contributed by atoms with Crippen LogP contribution in [0.1, 0.15) is 47.9 Å². The Bertz CT molecular complexity index is 1060. The normalized spacial score (nSPS) is 25.4. The molecule has 1 aromatic heterocycles. The summed E-state index contributed by atoms with van der Waals surface area (Å²) in [5.74, 6) is 1.25. The van der Waals surface area contributed by atoms with E-state index in [0.717, 1.165) is 38.5 Å². The number of benzene rings is 2. The number of pyridine rings is 1. The van der Waals surface area contributed by atoms with Crippen LogP contribution >= 0.6 is 0 Å². The molecule has 3 heterocycles. The SMILES string of the molecule is O=C1N(CC2CC2)CC[C@@]12CN(C(c1ccccc1)c1ccccc1)C[C@@H]2c1cccnc1. The van der Waals surface area contributed by atoms with Gasteiger partial charge < -0.3 is 4.90 Å². The molecule has 2 aliphatic heterocycles. The molecule has 6 rings (SSSR count). The van der Waals surface area contributed by atoms with Gasteiger partial charge in [0.25, 0.3) is 0 Å². The molecule has 3 fully saturated rings. The van der Waals surface area contributed by atoms with Crippen molar-refractivity contribution in [3.05, 3.63) is 102 Å². The van der Waals surface area contributed by atoms with E-state index in [1.165, 1.54) is 29.5 Å². The average molecular weight is 438 g/mol. The fourth-order valence-corrected chi connectivity index (χ4v) is 6.15. The van der Waals surface area contributed by atoms with Gasteiger partial charge in [0.2, 0.25) is 5.91 Å². The van der Waals surface area contributed by atoms with E-state index in [4.69, 9.17) is 0 Å². The zero-order valence-corrected chi connectivity index (χ0v) is 19.0. The van der Waals surface area contributed by atoms with Gasteiger partial charge in [0.15, 0.2) is 0 Å². The minimum absolute atomic E-state index is 0.135. The highest BCUT2D eigenvalue weighted by Crippen LogP contribution is 2.52. The maximum absolute atomic E-state index is 14.0. The Hall–Kier alpha value is -2.98. The van der Waals surface area contributed by atoms with Crippen LogP contribution in [-0.4, -0.2) is 46.9 Å². The number of carbonyl (C=O) groups is 1. The summed E-state index contributed by atoms with van der Waals surface area (Å²) in [6.07, 6.45) is 7.30. The van der Waals surface area contributed by atoms with Crippen LogP contribution in [0.25, 0.3) is 0 Å². The van der Waals surface area contributed by atoms with Gasteiger partial charge in [-0.2, -0.15) is 0 Å². The lowest BCUT2D eigenvalue weighted by Crippen LogP contribution is -2.40. The fourth-order valence-electron chi connectivity index (χ4n) is 6.15. The lowest BCUT2D eigenvalue weighted by molar-refractivity contribution is -0.136. The van der Waals surface area contributed by atoms with Crippen LogP contribution in [0.15, 0.2) is 85.2 Å². The van der Waals surface area contributed by atoms with Gasteiger partial charge in [0.05, 0.1) is 11.5 Å². The molecule has 4 heteroatoms. The number of hydrogen-bond donors (Lipinski definition) is 0. The third kappa shape index (κ3) is 3.76. The largest absolute Gasteiger partial charge is 0.342 e. The topological polar surface area (TPSA) is 36.4 Å². The summed E-state index contributed by atoms with van der Waals surface area (Å²) in [4.78, 5) is 23.2. The van der Waals surface area contributed by atoms with Crippen molar-refractivity contribution in [3.63, 3.8) is 0 Å². The van der Waals surface area contributed by atoms with Crippen molar-refractivity contribution in [2.75, 3.05) is 26.2 Å². The van der Waals surface area contributed by atoms with Crippen LogP contribution in [0.4, 0.5) is 0 Å². The van der Waals surface area contributed by atoms with E-state index in [1.807, 2.05) is 18.5 Å². The summed E-state index contributed by atoms with van der Waals surface area (Å²) in [6, 6.07) is 25.8. The molecule has 2 atom stereocenters. The lowest BCUT2D eigenvalue weighted by Gasteiger charge is -2.31. The van der Waals surface area contributed by atoms with Gasteiger partial charge in [0, 0.05) is 44.5 Å². The highest BCUT2D eigenvalue weighted by atomic mass is 16.2. The van der Waals surface area contributed by atoms with Gasteiger partial charge in [-0.15, -0.1) is 0 Å². The van der Waals surface area contributed by atoms with Crippen LogP contribution in [-0.2, 0) is 4.79 Å². The monoisotopic (exact) mass is 437 g/mol. The molecule has 3 aliphatic rings. The Morgan fingerprint density at radius 3 is 2.24 bits per heavy atom. The average Bonchev–Trinajstić information content (AvgIpc) is 3.54. The van der Waals surface area contributed by atoms with Crippen LogP contribution in [0, 0.1) is 11.3 Å². The van der Waals surface area contributed by atoms with Crippen molar-refractivity contribution in [1.29, 1.82) is 0 Å². The molecular weight excluding hydrogens is 406 g/mol. The summed E-state index contributed by atoms with van der Waals surface area (Å²) >= 11 is 0. The molecule has 1 spiro atoms. The number of hydrogen-bond acceptors (Lipinski definition) is 3. The first-order chi connectivity index (χ1) is 16.2. The molecule has 1 amide bonds. The number of nitrogens with zero attached hydrogens (tertiary/aromatic N) is 3. The third-order valence-corrected chi connectivity index (χ3v) is 7.97. The predicted octanol–water partition coefficient (Wildman–Crippen LogP) is 4.90. The van der Waals surface area contributed by atoms with E-state index in [1.54, 1.807) is 0 Å². The second kappa shape index (κ2) is 8.42. The first kappa shape index (κ1) is 20.6. The highest BCUT2D eigenvalue weighted by molar-refractivity contribution is 5.87. The number of carbonyl (C=O) groups excluding carboxylic acids is 1. The third-order valence-electron chi connectivity index (χ3n) is 7.97. The summed E-state index contributed by atoms with van der Waals surface area (Å²) in [5, 5.41) is 0. The van der Waals surface area contributed by atoms with Crippen LogP contribution in [0.2, 0.25) is 0 Å². The number of aromatic nitrogens is 1. The van der Waals surface area contributed by atoms with Crippen LogP contribution in [0.5, 0.6) is 0 Å². The van der Waals surface area contributed by atoms with Gasteiger partial charge >= 0.3 is 0 Å². The van der Waals surface area contributed by atoms with E-state index >= 15 is 0 Å². The van der Waals surface area contributed by atoms with Crippen molar-refractivity contribution in [2.45, 2.75) is 31.2 Å². The maximum atomic E-state index is 14.0. The Morgan fingerprint density at radius 2 is 1.64 bits per heavy atom. The molecule has 0 radical (unpaired) electrons. The highest BCUT2D eigenvalue weighted by Gasteiger charge is 2.58. The summed E-state index contributed by atoms with van der Waals surface area (Å²) in [7, 11) is 0. The second-order valence-corrected chi connectivity index (χ2v) is 10.1. The second-order valence-electron chi connectivity index (χ2n) is 10.1. The van der Waals surface area contributed by atoms with Gasteiger partial charge in [-0.1, -0.05) is 66.7 Å². The molecule has 0 unspecified atom stereocenters. The Kier molecular flexibility index (Phi) is 5.26. The predicted molar refractivity (Wildman–Crippen MR) is 130 cm³/mol. The molecule has 3 aromatic rings. The molecule has 0 bridgehead atoms. The molecule has 168 valence electrons. The molecule has 2 aromatic carbocycles. The Balaban J connectivity index is 1.40. The smallest absolute Gasteiger partial charge is 0.230 e. The van der Waals surface area contributed by atoms with E-state index in [0.29, 0.717) is 5.91 Å². The summed E-state index contributed by atoms with van der Waals surface area (Å²) in [6.45, 7) is 3.49. The summed E-state index contributed by atoms with van der Waals surface area (Å²) in [5.41, 5.74) is 3.40. The van der Waals surface area contributed by atoms with E-state index in [9.17, 15) is 4.79 Å². The number of amides is 1. The van der Waals surface area contributed by atoms with Gasteiger partial charge in [-0.05, 0) is 47.9 Å². The zero-order valence-electron chi connectivity index (χ0n) is 19.0. The Morgan fingerprint density at radius 1 is 0.939 bits per heavy atom. The van der Waals surface area contributed by atoms with Gasteiger partial charge in [-0.3, -0.25) is 14.7 Å². The van der Waals surface area contributed by atoms with Gasteiger partial charge in [0.1, 0.15) is 0 Å². The number of rotatable bonds is 6. The molecule has 0 N–H and O–H groups in total. The zero-order chi connectivity index (χ0) is 22.3. The Labute approximate surface area is 196 Å². The summed E-state index contributed by atoms with van der Waals surface area (Å²) < 4.78 is 0. The lowest BCUT2D eigenvalue weighted by atomic mass is 9.73. The van der Waals surface area contributed by atoms with Gasteiger partial charge in [-0.25, -0.2) is 0 Å². The molecule has 33 heavy (non-hydrogen) atoms. The molecule has 2 saturated heterocycles. The van der Waals surface area contributed by atoms with E-state index in [-0.39, 0.29) is 17.4 Å². The van der Waals surface area contributed by atoms with Crippen molar-refractivity contribution < 1.29 is 4.79 Å². The standard InChI is InChI=1S/C29H31N3O/c33-28-29(15-17-31(28)19-22-13-14-22)21-32(20-26(29)25-12-7-16-30-18-25)27(23-8-3-1-4-9-23)24-10-5-2-6-11-24/h1-12,16,18,22,26-27H,13-15,17,19-21H2/t26-,29+/m1/s1. The van der Waals surface area contributed by atoms with Crippen molar-refractivity contribution in [3.8, 4) is 0 Å². The first-order valence-electron chi connectivity index (χ1n) is 12.3. The number of likely N-dealkylation sites (tertiary alicyclic amines) is 2. The molecule has 4 nitrogen and oxygen atoms in total. The first-order valence-corrected chi connectivity index (χ1v) is 12.3.